The lowest BCUT2D eigenvalue weighted by Crippen LogP contribution is -2.08. The Bertz CT molecular complexity index is 416. The van der Waals surface area contributed by atoms with E-state index in [4.69, 9.17) is 33.0 Å². The third-order valence-corrected chi connectivity index (χ3v) is 2.80. The topological polar surface area (TPSA) is 46.5 Å². The van der Waals surface area contributed by atoms with Crippen LogP contribution in [0.1, 0.15) is 25.8 Å². The van der Waals surface area contributed by atoms with Crippen molar-refractivity contribution in [3.05, 3.63) is 27.7 Å². The van der Waals surface area contributed by atoms with Crippen molar-refractivity contribution in [2.75, 3.05) is 0 Å². The summed E-state index contributed by atoms with van der Waals surface area (Å²) in [6.45, 7) is 3.78. The van der Waals surface area contributed by atoms with E-state index in [1.165, 1.54) is 0 Å². The molecule has 5 heteroatoms. The molecule has 0 heterocycles. The summed E-state index contributed by atoms with van der Waals surface area (Å²) in [5.41, 5.74) is 0.760. The zero-order chi connectivity index (χ0) is 13.0. The van der Waals surface area contributed by atoms with Crippen LogP contribution < -0.4 is 4.74 Å². The van der Waals surface area contributed by atoms with Gasteiger partial charge in [-0.1, -0.05) is 23.2 Å². The Kier molecular flexibility index (Phi) is 5.09. The molecule has 1 rings (SSSR count). The summed E-state index contributed by atoms with van der Waals surface area (Å²) in [6, 6.07) is 3.28. The lowest BCUT2D eigenvalue weighted by Gasteiger charge is -2.15. The van der Waals surface area contributed by atoms with E-state index >= 15 is 0 Å². The van der Waals surface area contributed by atoms with Crippen LogP contribution in [0.5, 0.6) is 5.75 Å². The smallest absolute Gasteiger partial charge is 0.303 e. The molecular weight excluding hydrogens is 263 g/mol. The molecule has 0 aliphatic carbocycles. The van der Waals surface area contributed by atoms with Gasteiger partial charge in [-0.3, -0.25) is 4.79 Å². The fourth-order valence-corrected chi connectivity index (χ4v) is 1.71. The fourth-order valence-electron chi connectivity index (χ4n) is 1.37. The number of aryl methyl sites for hydroxylation is 1. The van der Waals surface area contributed by atoms with Crippen LogP contribution in [0.4, 0.5) is 0 Å². The van der Waals surface area contributed by atoms with Crippen LogP contribution in [-0.4, -0.2) is 17.2 Å². The lowest BCUT2D eigenvalue weighted by atomic mass is 10.1. The number of aliphatic carboxylic acids is 1. The number of halogens is 2. The van der Waals surface area contributed by atoms with Crippen LogP contribution in [0.15, 0.2) is 12.1 Å². The summed E-state index contributed by atoms with van der Waals surface area (Å²) in [4.78, 5) is 10.6. The molecule has 0 unspecified atom stereocenters. The van der Waals surface area contributed by atoms with Gasteiger partial charge in [-0.15, -0.1) is 0 Å². The maximum absolute atomic E-state index is 10.6. The number of ether oxygens (including phenoxy) is 1. The SMILES string of the molecule is CC(C)Oc1cc(Cl)c(Cl)cc1CCC(=O)O. The van der Waals surface area contributed by atoms with E-state index in [-0.39, 0.29) is 12.5 Å². The van der Waals surface area contributed by atoms with Gasteiger partial charge >= 0.3 is 5.97 Å². The fraction of sp³-hybridized carbons (Fsp3) is 0.417. The van der Waals surface area contributed by atoms with Gasteiger partial charge in [-0.05, 0) is 31.9 Å². The number of benzene rings is 1. The molecule has 0 spiro atoms. The summed E-state index contributed by atoms with van der Waals surface area (Å²) in [6.07, 6.45) is 0.400. The average molecular weight is 277 g/mol. The number of carboxylic acids is 1. The Morgan fingerprint density at radius 1 is 1.35 bits per heavy atom. The van der Waals surface area contributed by atoms with Crippen molar-refractivity contribution in [2.24, 2.45) is 0 Å². The summed E-state index contributed by atoms with van der Waals surface area (Å²) in [5, 5.41) is 9.48. The molecule has 1 N–H and O–H groups in total. The number of carbonyl (C=O) groups is 1. The van der Waals surface area contributed by atoms with E-state index < -0.39 is 5.97 Å². The predicted octanol–water partition coefficient (Wildman–Crippen LogP) is 3.80. The molecule has 0 aliphatic rings. The first-order valence-electron chi connectivity index (χ1n) is 5.26. The highest BCUT2D eigenvalue weighted by Crippen LogP contribution is 2.32. The van der Waals surface area contributed by atoms with Crippen molar-refractivity contribution >= 4 is 29.2 Å². The predicted molar refractivity (Wildman–Crippen MR) is 68.2 cm³/mol. The summed E-state index contributed by atoms with van der Waals surface area (Å²) in [7, 11) is 0. The second-order valence-corrected chi connectivity index (χ2v) is 4.75. The van der Waals surface area contributed by atoms with Gasteiger partial charge in [0.2, 0.25) is 0 Å². The second kappa shape index (κ2) is 6.12. The van der Waals surface area contributed by atoms with Crippen molar-refractivity contribution < 1.29 is 14.6 Å². The zero-order valence-corrected chi connectivity index (χ0v) is 11.2. The highest BCUT2D eigenvalue weighted by Gasteiger charge is 2.11. The van der Waals surface area contributed by atoms with Crippen molar-refractivity contribution in [1.29, 1.82) is 0 Å². The molecule has 0 bridgehead atoms. The third kappa shape index (κ3) is 4.44. The van der Waals surface area contributed by atoms with Crippen LogP contribution in [0, 0.1) is 0 Å². The maximum atomic E-state index is 10.6. The monoisotopic (exact) mass is 276 g/mol. The molecule has 3 nitrogen and oxygen atoms in total. The van der Waals surface area contributed by atoms with E-state index in [1.54, 1.807) is 12.1 Å². The number of rotatable bonds is 5. The Morgan fingerprint density at radius 2 is 1.94 bits per heavy atom. The number of carboxylic acid groups (broad SMARTS) is 1. The molecule has 1 aromatic carbocycles. The van der Waals surface area contributed by atoms with E-state index in [1.807, 2.05) is 13.8 Å². The molecule has 0 amide bonds. The van der Waals surface area contributed by atoms with Gasteiger partial charge in [0.1, 0.15) is 5.75 Å². The number of hydrogen-bond donors (Lipinski definition) is 1. The standard InChI is InChI=1S/C12H14Cl2O3/c1-7(2)17-11-6-10(14)9(13)5-8(11)3-4-12(15)16/h5-7H,3-4H2,1-2H3,(H,15,16). The minimum atomic E-state index is -0.855. The Morgan fingerprint density at radius 3 is 2.47 bits per heavy atom. The molecular formula is C12H14Cl2O3. The molecule has 17 heavy (non-hydrogen) atoms. The van der Waals surface area contributed by atoms with Gasteiger partial charge in [-0.2, -0.15) is 0 Å². The second-order valence-electron chi connectivity index (χ2n) is 3.93. The first-order valence-corrected chi connectivity index (χ1v) is 6.02. The molecule has 0 radical (unpaired) electrons. The quantitative estimate of drug-likeness (QED) is 0.890. The summed E-state index contributed by atoms with van der Waals surface area (Å²) in [5.74, 6) is -0.262. The van der Waals surface area contributed by atoms with Crippen LogP contribution in [0.3, 0.4) is 0 Å². The molecule has 0 aliphatic heterocycles. The van der Waals surface area contributed by atoms with Gasteiger partial charge in [0.05, 0.1) is 16.1 Å². The van der Waals surface area contributed by atoms with E-state index in [0.717, 1.165) is 5.56 Å². The average Bonchev–Trinajstić information content (AvgIpc) is 2.20. The summed E-state index contributed by atoms with van der Waals surface area (Å²) >= 11 is 11.8. The van der Waals surface area contributed by atoms with Crippen LogP contribution in [0.25, 0.3) is 0 Å². The van der Waals surface area contributed by atoms with Gasteiger partial charge in [0.25, 0.3) is 0 Å². The molecule has 0 fully saturated rings. The first-order chi connectivity index (χ1) is 7.90. The summed E-state index contributed by atoms with van der Waals surface area (Å²) < 4.78 is 5.58. The third-order valence-electron chi connectivity index (χ3n) is 2.07. The van der Waals surface area contributed by atoms with Crippen molar-refractivity contribution in [2.45, 2.75) is 32.8 Å². The Balaban J connectivity index is 2.98. The molecule has 94 valence electrons. The highest BCUT2D eigenvalue weighted by atomic mass is 35.5. The van der Waals surface area contributed by atoms with Gasteiger partial charge in [-0.25, -0.2) is 0 Å². The molecule has 0 saturated carbocycles. The largest absolute Gasteiger partial charge is 0.491 e. The van der Waals surface area contributed by atoms with Crippen molar-refractivity contribution in [3.63, 3.8) is 0 Å². The van der Waals surface area contributed by atoms with Crippen LogP contribution in [-0.2, 0) is 11.2 Å². The minimum absolute atomic E-state index is 0.00387. The van der Waals surface area contributed by atoms with E-state index in [2.05, 4.69) is 0 Å². The minimum Gasteiger partial charge on any atom is -0.491 e. The van der Waals surface area contributed by atoms with Gasteiger partial charge in [0.15, 0.2) is 0 Å². The first kappa shape index (κ1) is 14.1. The number of hydrogen-bond acceptors (Lipinski definition) is 2. The molecule has 0 aromatic heterocycles. The van der Waals surface area contributed by atoms with Crippen molar-refractivity contribution in [1.82, 2.24) is 0 Å². The normalized spacial score (nSPS) is 10.6. The van der Waals surface area contributed by atoms with Crippen LogP contribution >= 0.6 is 23.2 Å². The Hall–Kier alpha value is -0.930. The highest BCUT2D eigenvalue weighted by molar-refractivity contribution is 6.42. The lowest BCUT2D eigenvalue weighted by molar-refractivity contribution is -0.136. The van der Waals surface area contributed by atoms with Crippen LogP contribution in [0.2, 0.25) is 10.0 Å². The molecule has 0 saturated heterocycles. The Labute approximate surface area is 110 Å². The zero-order valence-electron chi connectivity index (χ0n) is 9.67. The maximum Gasteiger partial charge on any atom is 0.303 e. The van der Waals surface area contributed by atoms with Gasteiger partial charge < -0.3 is 9.84 Å². The molecule has 1 aromatic rings. The van der Waals surface area contributed by atoms with E-state index in [0.29, 0.717) is 22.2 Å². The van der Waals surface area contributed by atoms with E-state index in [9.17, 15) is 4.79 Å². The van der Waals surface area contributed by atoms with Gasteiger partial charge in [0, 0.05) is 12.5 Å². The van der Waals surface area contributed by atoms with Crippen molar-refractivity contribution in [3.8, 4) is 5.75 Å². The molecule has 0 atom stereocenters.